The summed E-state index contributed by atoms with van der Waals surface area (Å²) >= 11 is 1.63. The SMILES string of the molecule is CN(CCc1ccncc1)C(=O)Cc1csc(C(C)(C)C)n1. The Morgan fingerprint density at radius 3 is 2.55 bits per heavy atom. The van der Waals surface area contributed by atoms with Crippen LogP contribution in [0.1, 0.15) is 37.0 Å². The molecule has 0 unspecified atom stereocenters. The molecule has 0 saturated carbocycles. The highest BCUT2D eigenvalue weighted by Crippen LogP contribution is 2.25. The van der Waals surface area contributed by atoms with E-state index in [2.05, 4.69) is 30.7 Å². The molecule has 0 aliphatic rings. The molecule has 0 N–H and O–H groups in total. The van der Waals surface area contributed by atoms with Gasteiger partial charge in [-0.2, -0.15) is 0 Å². The number of hydrogen-bond acceptors (Lipinski definition) is 4. The smallest absolute Gasteiger partial charge is 0.228 e. The number of hydrogen-bond donors (Lipinski definition) is 0. The van der Waals surface area contributed by atoms with E-state index in [9.17, 15) is 4.79 Å². The van der Waals surface area contributed by atoms with Gasteiger partial charge in [-0.3, -0.25) is 9.78 Å². The Bertz CT molecular complexity index is 616. The molecule has 0 saturated heterocycles. The van der Waals surface area contributed by atoms with Crippen molar-refractivity contribution in [3.63, 3.8) is 0 Å². The fourth-order valence-electron chi connectivity index (χ4n) is 1.99. The summed E-state index contributed by atoms with van der Waals surface area (Å²) in [7, 11) is 1.85. The predicted molar refractivity (Wildman–Crippen MR) is 90.1 cm³/mol. The highest BCUT2D eigenvalue weighted by atomic mass is 32.1. The van der Waals surface area contributed by atoms with Gasteiger partial charge < -0.3 is 4.90 Å². The third-order valence-electron chi connectivity index (χ3n) is 3.44. The number of likely N-dealkylation sites (N-methyl/N-ethyl adjacent to an activating group) is 1. The summed E-state index contributed by atoms with van der Waals surface area (Å²) in [5.41, 5.74) is 2.10. The minimum absolute atomic E-state index is 0.0409. The van der Waals surface area contributed by atoms with Gasteiger partial charge in [-0.25, -0.2) is 4.98 Å². The highest BCUT2D eigenvalue weighted by molar-refractivity contribution is 7.09. The lowest BCUT2D eigenvalue weighted by Crippen LogP contribution is -2.30. The van der Waals surface area contributed by atoms with Crippen molar-refractivity contribution >= 4 is 17.2 Å². The quantitative estimate of drug-likeness (QED) is 0.851. The molecule has 4 nitrogen and oxygen atoms in total. The summed E-state index contributed by atoms with van der Waals surface area (Å²) in [6.07, 6.45) is 4.77. The summed E-state index contributed by atoms with van der Waals surface area (Å²) in [6, 6.07) is 3.96. The molecule has 0 spiro atoms. The minimum atomic E-state index is 0.0409. The molecule has 0 fully saturated rings. The van der Waals surface area contributed by atoms with Gasteiger partial charge in [-0.05, 0) is 24.1 Å². The van der Waals surface area contributed by atoms with E-state index in [0.717, 1.165) is 17.1 Å². The number of aromatic nitrogens is 2. The molecule has 0 aromatic carbocycles. The normalized spacial score (nSPS) is 11.5. The van der Waals surface area contributed by atoms with Crippen LogP contribution in [0.2, 0.25) is 0 Å². The molecule has 5 heteroatoms. The van der Waals surface area contributed by atoms with Crippen LogP contribution in [0.25, 0.3) is 0 Å². The van der Waals surface area contributed by atoms with Crippen molar-refractivity contribution in [2.24, 2.45) is 0 Å². The number of nitrogens with zero attached hydrogens (tertiary/aromatic N) is 3. The molecule has 2 rings (SSSR count). The van der Waals surface area contributed by atoms with Gasteiger partial charge in [0.25, 0.3) is 0 Å². The lowest BCUT2D eigenvalue weighted by molar-refractivity contribution is -0.129. The summed E-state index contributed by atoms with van der Waals surface area (Å²) in [6.45, 7) is 7.12. The second-order valence-electron chi connectivity index (χ2n) is 6.49. The van der Waals surface area contributed by atoms with E-state index in [1.165, 1.54) is 5.56 Å². The van der Waals surface area contributed by atoms with Gasteiger partial charge in [0.05, 0.1) is 17.1 Å². The molecule has 0 bridgehead atoms. The van der Waals surface area contributed by atoms with Crippen molar-refractivity contribution in [1.29, 1.82) is 0 Å². The molecule has 0 aliphatic heterocycles. The first-order valence-electron chi connectivity index (χ1n) is 7.44. The number of thiazole rings is 1. The van der Waals surface area contributed by atoms with Gasteiger partial charge in [0.15, 0.2) is 0 Å². The van der Waals surface area contributed by atoms with E-state index in [0.29, 0.717) is 13.0 Å². The fourth-order valence-corrected chi connectivity index (χ4v) is 2.90. The summed E-state index contributed by atoms with van der Waals surface area (Å²) in [4.78, 5) is 22.6. The van der Waals surface area contributed by atoms with Gasteiger partial charge in [-0.1, -0.05) is 20.8 Å². The average Bonchev–Trinajstić information content (AvgIpc) is 2.94. The van der Waals surface area contributed by atoms with E-state index in [1.54, 1.807) is 28.6 Å². The van der Waals surface area contributed by atoms with Crippen LogP contribution in [0.3, 0.4) is 0 Å². The van der Waals surface area contributed by atoms with Crippen LogP contribution in [0.5, 0.6) is 0 Å². The van der Waals surface area contributed by atoms with Crippen molar-refractivity contribution < 1.29 is 4.79 Å². The van der Waals surface area contributed by atoms with Gasteiger partial charge >= 0.3 is 0 Å². The van der Waals surface area contributed by atoms with Gasteiger partial charge in [0, 0.05) is 36.8 Å². The zero-order chi connectivity index (χ0) is 16.2. The second-order valence-corrected chi connectivity index (χ2v) is 7.35. The molecular weight excluding hydrogens is 294 g/mol. The molecule has 2 aromatic rings. The number of carbonyl (C=O) groups excluding carboxylic acids is 1. The van der Waals surface area contributed by atoms with Crippen LogP contribution in [-0.2, 0) is 23.1 Å². The maximum absolute atomic E-state index is 12.3. The van der Waals surface area contributed by atoms with Crippen molar-refractivity contribution in [2.45, 2.75) is 39.0 Å². The predicted octanol–water partition coefficient (Wildman–Crippen LogP) is 3.08. The number of amides is 1. The van der Waals surface area contributed by atoms with Gasteiger partial charge in [0.1, 0.15) is 0 Å². The Morgan fingerprint density at radius 2 is 1.95 bits per heavy atom. The lowest BCUT2D eigenvalue weighted by atomic mass is 9.98. The van der Waals surface area contributed by atoms with Crippen LogP contribution in [0, 0.1) is 0 Å². The van der Waals surface area contributed by atoms with Gasteiger partial charge in [0.2, 0.25) is 5.91 Å². The molecular formula is C17H23N3OS. The van der Waals surface area contributed by atoms with Crippen molar-refractivity contribution in [3.8, 4) is 0 Å². The first-order valence-corrected chi connectivity index (χ1v) is 8.32. The van der Waals surface area contributed by atoms with Crippen LogP contribution in [0.4, 0.5) is 0 Å². The highest BCUT2D eigenvalue weighted by Gasteiger charge is 2.19. The first kappa shape index (κ1) is 16.6. The zero-order valence-electron chi connectivity index (χ0n) is 13.7. The monoisotopic (exact) mass is 317 g/mol. The molecule has 0 radical (unpaired) electrons. The topological polar surface area (TPSA) is 46.1 Å². The van der Waals surface area contributed by atoms with Crippen molar-refractivity contribution in [1.82, 2.24) is 14.9 Å². The molecule has 22 heavy (non-hydrogen) atoms. The van der Waals surface area contributed by atoms with E-state index in [1.807, 2.05) is 24.6 Å². The molecule has 118 valence electrons. The fraction of sp³-hybridized carbons (Fsp3) is 0.471. The van der Waals surface area contributed by atoms with E-state index in [4.69, 9.17) is 0 Å². The molecule has 1 amide bonds. The van der Waals surface area contributed by atoms with E-state index < -0.39 is 0 Å². The maximum Gasteiger partial charge on any atom is 0.228 e. The Hall–Kier alpha value is -1.75. The van der Waals surface area contributed by atoms with E-state index in [-0.39, 0.29) is 11.3 Å². The van der Waals surface area contributed by atoms with Crippen LogP contribution < -0.4 is 0 Å². The Kier molecular flexibility index (Phi) is 5.29. The molecule has 0 atom stereocenters. The lowest BCUT2D eigenvalue weighted by Gasteiger charge is -2.17. The maximum atomic E-state index is 12.3. The largest absolute Gasteiger partial charge is 0.345 e. The average molecular weight is 317 g/mol. The number of pyridine rings is 1. The molecule has 2 aromatic heterocycles. The van der Waals surface area contributed by atoms with Crippen molar-refractivity contribution in [2.75, 3.05) is 13.6 Å². The minimum Gasteiger partial charge on any atom is -0.345 e. The third kappa shape index (κ3) is 4.63. The number of carbonyl (C=O) groups is 1. The first-order chi connectivity index (χ1) is 10.4. The molecule has 0 aliphatic carbocycles. The Labute approximate surface area is 136 Å². The summed E-state index contributed by atoms with van der Waals surface area (Å²) < 4.78 is 0. The Morgan fingerprint density at radius 1 is 1.27 bits per heavy atom. The second kappa shape index (κ2) is 7.01. The summed E-state index contributed by atoms with van der Waals surface area (Å²) in [5, 5.41) is 3.07. The van der Waals surface area contributed by atoms with E-state index >= 15 is 0 Å². The standard InChI is InChI=1S/C17H23N3OS/c1-17(2,3)16-19-14(12-22-16)11-15(21)20(4)10-7-13-5-8-18-9-6-13/h5-6,8-9,12H,7,10-11H2,1-4H3. The summed E-state index contributed by atoms with van der Waals surface area (Å²) in [5.74, 6) is 0.111. The number of rotatable bonds is 5. The third-order valence-corrected chi connectivity index (χ3v) is 4.75. The molecule has 2 heterocycles. The van der Waals surface area contributed by atoms with Gasteiger partial charge in [-0.15, -0.1) is 11.3 Å². The van der Waals surface area contributed by atoms with Crippen LogP contribution in [-0.4, -0.2) is 34.4 Å². The van der Waals surface area contributed by atoms with Crippen LogP contribution in [0.15, 0.2) is 29.9 Å². The Balaban J connectivity index is 1.87. The zero-order valence-corrected chi connectivity index (χ0v) is 14.5. The van der Waals surface area contributed by atoms with Crippen LogP contribution >= 0.6 is 11.3 Å². The van der Waals surface area contributed by atoms with Crippen molar-refractivity contribution in [3.05, 3.63) is 46.2 Å².